The number of hydrogen-bond acceptors (Lipinski definition) is 10. The molecule has 0 aromatic rings. The molecule has 0 spiro atoms. The standard InChI is InChI=1S/C52H99O11P/c1-4-7-10-13-16-19-22-24-27-29-32-35-38-41-50(54)59-45-49(63-52(56)43-40-37-34-31-28-25-23-20-17-14-11-8-5-2)47-61-64(57,58)60-46-48(44-53)62-51(55)42-39-36-33-30-26-21-18-15-12-9-6-3/h15,18,48-49,53H,4-14,16-17,19-47H2,1-3H3,(H,57,58)/b18-15-. The maximum Gasteiger partial charge on any atom is 0.472 e. The van der Waals surface area contributed by atoms with Gasteiger partial charge in [0.05, 0.1) is 19.8 Å². The minimum absolute atomic E-state index is 0.172. The molecule has 12 heteroatoms. The zero-order valence-corrected chi connectivity index (χ0v) is 42.4. The molecule has 0 saturated carbocycles. The number of allylic oxidation sites excluding steroid dienone is 2. The summed E-state index contributed by atoms with van der Waals surface area (Å²) in [5.41, 5.74) is 0. The first-order valence-electron chi connectivity index (χ1n) is 26.6. The second kappa shape index (κ2) is 47.7. The Kier molecular flexibility index (Phi) is 46.4. The summed E-state index contributed by atoms with van der Waals surface area (Å²) in [6, 6.07) is 0. The Morgan fingerprint density at radius 1 is 0.422 bits per heavy atom. The molecule has 0 saturated heterocycles. The lowest BCUT2D eigenvalue weighted by atomic mass is 10.0. The molecule has 378 valence electrons. The number of aliphatic hydroxyl groups excluding tert-OH is 1. The third-order valence-corrected chi connectivity index (χ3v) is 12.6. The zero-order valence-electron chi connectivity index (χ0n) is 41.5. The molecule has 3 atom stereocenters. The lowest BCUT2D eigenvalue weighted by Crippen LogP contribution is -2.30. The van der Waals surface area contributed by atoms with Crippen LogP contribution in [0.1, 0.15) is 265 Å². The fourth-order valence-corrected chi connectivity index (χ4v) is 8.36. The van der Waals surface area contributed by atoms with Crippen molar-refractivity contribution in [1.29, 1.82) is 0 Å². The highest BCUT2D eigenvalue weighted by Gasteiger charge is 2.28. The van der Waals surface area contributed by atoms with Gasteiger partial charge >= 0.3 is 25.7 Å². The summed E-state index contributed by atoms with van der Waals surface area (Å²) in [6.45, 7) is 4.62. The van der Waals surface area contributed by atoms with Crippen LogP contribution >= 0.6 is 7.82 Å². The summed E-state index contributed by atoms with van der Waals surface area (Å²) in [7, 11) is -4.73. The van der Waals surface area contributed by atoms with Crippen LogP contribution in [-0.2, 0) is 42.2 Å². The van der Waals surface area contributed by atoms with E-state index in [-0.39, 0.29) is 25.9 Å². The molecule has 64 heavy (non-hydrogen) atoms. The van der Waals surface area contributed by atoms with Crippen molar-refractivity contribution in [2.24, 2.45) is 0 Å². The number of unbranched alkanes of at least 4 members (excludes halogenated alkanes) is 31. The summed E-state index contributed by atoms with van der Waals surface area (Å²) in [6.07, 6.45) is 43.2. The van der Waals surface area contributed by atoms with Crippen LogP contribution in [0.15, 0.2) is 12.2 Å². The monoisotopic (exact) mass is 931 g/mol. The van der Waals surface area contributed by atoms with Gasteiger partial charge in [-0.05, 0) is 38.5 Å². The van der Waals surface area contributed by atoms with Gasteiger partial charge in [-0.25, -0.2) is 4.57 Å². The topological polar surface area (TPSA) is 155 Å². The lowest BCUT2D eigenvalue weighted by Gasteiger charge is -2.21. The van der Waals surface area contributed by atoms with Crippen molar-refractivity contribution in [1.82, 2.24) is 0 Å². The maximum absolute atomic E-state index is 12.8. The van der Waals surface area contributed by atoms with Gasteiger partial charge in [0.15, 0.2) is 6.10 Å². The number of phosphoric acid groups is 1. The second-order valence-corrected chi connectivity index (χ2v) is 19.5. The van der Waals surface area contributed by atoms with Gasteiger partial charge in [0.2, 0.25) is 0 Å². The summed E-state index contributed by atoms with van der Waals surface area (Å²) in [5, 5.41) is 9.75. The van der Waals surface area contributed by atoms with Crippen LogP contribution < -0.4 is 0 Å². The predicted molar refractivity (Wildman–Crippen MR) is 261 cm³/mol. The first kappa shape index (κ1) is 62.2. The van der Waals surface area contributed by atoms with Crippen molar-refractivity contribution in [2.75, 3.05) is 26.4 Å². The zero-order chi connectivity index (χ0) is 47.0. The first-order valence-corrected chi connectivity index (χ1v) is 28.1. The Hall–Kier alpha value is -1.78. The van der Waals surface area contributed by atoms with Crippen LogP contribution in [0.4, 0.5) is 0 Å². The molecular weight excluding hydrogens is 832 g/mol. The van der Waals surface area contributed by atoms with E-state index in [1.54, 1.807) is 0 Å². The van der Waals surface area contributed by atoms with E-state index in [1.165, 1.54) is 128 Å². The van der Waals surface area contributed by atoms with Crippen molar-refractivity contribution in [3.63, 3.8) is 0 Å². The van der Waals surface area contributed by atoms with E-state index < -0.39 is 57.8 Å². The quantitative estimate of drug-likeness (QED) is 0.0197. The number of rotatable bonds is 50. The van der Waals surface area contributed by atoms with Gasteiger partial charge in [0.25, 0.3) is 0 Å². The Labute approximate surface area is 392 Å². The molecule has 0 radical (unpaired) electrons. The maximum atomic E-state index is 12.8. The molecule has 3 unspecified atom stereocenters. The summed E-state index contributed by atoms with van der Waals surface area (Å²) in [5.74, 6) is -1.45. The Bertz CT molecular complexity index is 1130. The fraction of sp³-hybridized carbons (Fsp3) is 0.904. The van der Waals surface area contributed by atoms with Gasteiger partial charge in [-0.15, -0.1) is 0 Å². The summed E-state index contributed by atoms with van der Waals surface area (Å²) < 4.78 is 39.3. The molecule has 0 aromatic carbocycles. The third kappa shape index (κ3) is 45.4. The van der Waals surface area contributed by atoms with E-state index in [0.29, 0.717) is 19.3 Å². The molecular formula is C52H99O11P. The lowest BCUT2D eigenvalue weighted by molar-refractivity contribution is -0.161. The minimum Gasteiger partial charge on any atom is -0.462 e. The normalized spacial score (nSPS) is 13.5. The van der Waals surface area contributed by atoms with Crippen molar-refractivity contribution in [3.8, 4) is 0 Å². The Morgan fingerprint density at radius 3 is 1.12 bits per heavy atom. The van der Waals surface area contributed by atoms with Crippen molar-refractivity contribution < 1.29 is 52.2 Å². The number of carbonyl (C=O) groups is 3. The van der Waals surface area contributed by atoms with Gasteiger partial charge in [-0.2, -0.15) is 0 Å². The van der Waals surface area contributed by atoms with Gasteiger partial charge in [-0.1, -0.05) is 219 Å². The minimum atomic E-state index is -4.73. The molecule has 0 heterocycles. The molecule has 2 N–H and O–H groups in total. The molecule has 0 fully saturated rings. The first-order chi connectivity index (χ1) is 31.2. The molecule has 11 nitrogen and oxygen atoms in total. The number of aliphatic hydroxyl groups is 1. The Balaban J connectivity index is 4.70. The van der Waals surface area contributed by atoms with Gasteiger partial charge in [0.1, 0.15) is 12.7 Å². The number of carbonyl (C=O) groups excluding carboxylic acids is 3. The van der Waals surface area contributed by atoms with Crippen molar-refractivity contribution in [3.05, 3.63) is 12.2 Å². The third-order valence-electron chi connectivity index (χ3n) is 11.7. The van der Waals surface area contributed by atoms with E-state index in [4.69, 9.17) is 23.3 Å². The fourth-order valence-electron chi connectivity index (χ4n) is 7.57. The Morgan fingerprint density at radius 2 is 0.734 bits per heavy atom. The number of hydrogen-bond donors (Lipinski definition) is 2. The highest BCUT2D eigenvalue weighted by Crippen LogP contribution is 2.43. The molecule has 0 aliphatic heterocycles. The molecule has 0 aliphatic rings. The van der Waals surface area contributed by atoms with E-state index in [0.717, 1.165) is 77.0 Å². The van der Waals surface area contributed by atoms with Crippen molar-refractivity contribution >= 4 is 25.7 Å². The summed E-state index contributed by atoms with van der Waals surface area (Å²) in [4.78, 5) is 48.3. The number of esters is 3. The van der Waals surface area contributed by atoms with Crippen LogP contribution in [0.25, 0.3) is 0 Å². The van der Waals surface area contributed by atoms with E-state index >= 15 is 0 Å². The van der Waals surface area contributed by atoms with Gasteiger partial charge in [0, 0.05) is 19.3 Å². The van der Waals surface area contributed by atoms with E-state index in [1.807, 2.05) is 0 Å². The van der Waals surface area contributed by atoms with Crippen LogP contribution in [0, 0.1) is 0 Å². The van der Waals surface area contributed by atoms with Crippen LogP contribution in [0.2, 0.25) is 0 Å². The molecule has 0 aliphatic carbocycles. The van der Waals surface area contributed by atoms with Gasteiger partial charge < -0.3 is 24.2 Å². The number of phosphoric ester groups is 1. The largest absolute Gasteiger partial charge is 0.472 e. The smallest absolute Gasteiger partial charge is 0.462 e. The molecule has 0 bridgehead atoms. The molecule has 0 aromatic heterocycles. The van der Waals surface area contributed by atoms with E-state index in [2.05, 4.69) is 32.9 Å². The SMILES string of the molecule is CCCC/C=C\CCCCCCCC(=O)OC(CO)COP(=O)(O)OCC(COC(=O)CCCCCCCCCCCCCCC)OC(=O)CCCCCCCCCCCCCCC. The molecule has 0 amide bonds. The summed E-state index contributed by atoms with van der Waals surface area (Å²) >= 11 is 0. The second-order valence-electron chi connectivity index (χ2n) is 18.1. The highest BCUT2D eigenvalue weighted by atomic mass is 31.2. The van der Waals surface area contributed by atoms with E-state index in [9.17, 15) is 28.9 Å². The average molecular weight is 931 g/mol. The van der Waals surface area contributed by atoms with Crippen LogP contribution in [-0.4, -0.2) is 66.5 Å². The van der Waals surface area contributed by atoms with Crippen LogP contribution in [0.3, 0.4) is 0 Å². The average Bonchev–Trinajstić information content (AvgIpc) is 3.28. The van der Waals surface area contributed by atoms with Crippen LogP contribution in [0.5, 0.6) is 0 Å². The predicted octanol–water partition coefficient (Wildman–Crippen LogP) is 14.9. The highest BCUT2D eigenvalue weighted by molar-refractivity contribution is 7.47. The molecule has 0 rings (SSSR count). The van der Waals surface area contributed by atoms with Crippen molar-refractivity contribution in [2.45, 2.75) is 277 Å². The number of ether oxygens (including phenoxy) is 3. The van der Waals surface area contributed by atoms with Gasteiger partial charge in [-0.3, -0.25) is 23.4 Å².